The second-order valence-electron chi connectivity index (χ2n) is 6.51. The molecule has 3 rings (SSSR count). The van der Waals surface area contributed by atoms with Crippen molar-refractivity contribution in [2.24, 2.45) is 18.0 Å². The number of aromatic nitrogens is 1. The lowest BCUT2D eigenvalue weighted by Crippen LogP contribution is -2.41. The van der Waals surface area contributed by atoms with Crippen LogP contribution >= 0.6 is 11.3 Å². The largest absolute Gasteiger partial charge is 0.319 e. The van der Waals surface area contributed by atoms with E-state index in [-0.39, 0.29) is 18.4 Å². The fourth-order valence-electron chi connectivity index (χ4n) is 3.14. The zero-order valence-electron chi connectivity index (χ0n) is 14.7. The fourth-order valence-corrected chi connectivity index (χ4v) is 5.13. The van der Waals surface area contributed by atoms with E-state index in [1.165, 1.54) is 27.5 Å². The fraction of sp³-hybridized carbons (Fsp3) is 0.529. The molecule has 6 nitrogen and oxygen atoms in total. The first-order chi connectivity index (χ1) is 11.8. The van der Waals surface area contributed by atoms with Crippen molar-refractivity contribution in [3.8, 4) is 0 Å². The van der Waals surface area contributed by atoms with Crippen molar-refractivity contribution in [1.29, 1.82) is 0 Å². The van der Waals surface area contributed by atoms with Crippen LogP contribution in [-0.4, -0.2) is 42.5 Å². The summed E-state index contributed by atoms with van der Waals surface area (Å²) in [4.78, 5) is 17.6. The van der Waals surface area contributed by atoms with Crippen LogP contribution < -0.4 is 4.80 Å². The molecule has 0 spiro atoms. The SMILES string of the molecule is CCc1ccc2c(c1)sc(=NC(=O)C1CCCN(S(C)(=O)=O)C1)n2C. The molecule has 0 bridgehead atoms. The van der Waals surface area contributed by atoms with Crippen molar-refractivity contribution < 1.29 is 13.2 Å². The second-order valence-corrected chi connectivity index (χ2v) is 9.50. The average Bonchev–Trinajstić information content (AvgIpc) is 2.89. The zero-order chi connectivity index (χ0) is 18.2. The maximum atomic E-state index is 12.6. The number of hydrogen-bond donors (Lipinski definition) is 0. The molecule has 1 aromatic carbocycles. The number of rotatable bonds is 3. The van der Waals surface area contributed by atoms with Gasteiger partial charge in [-0.1, -0.05) is 24.3 Å². The Balaban J connectivity index is 1.91. The first-order valence-electron chi connectivity index (χ1n) is 8.41. The number of carbonyl (C=O) groups is 1. The van der Waals surface area contributed by atoms with Crippen LogP contribution in [0.2, 0.25) is 0 Å². The van der Waals surface area contributed by atoms with E-state index in [0.717, 1.165) is 16.6 Å². The Hall–Kier alpha value is -1.51. The number of nitrogens with zero attached hydrogens (tertiary/aromatic N) is 3. The number of piperidine rings is 1. The zero-order valence-corrected chi connectivity index (χ0v) is 16.4. The van der Waals surface area contributed by atoms with Crippen LogP contribution in [0, 0.1) is 5.92 Å². The predicted molar refractivity (Wildman–Crippen MR) is 99.9 cm³/mol. The molecule has 1 aliphatic heterocycles. The molecule has 1 fully saturated rings. The third-order valence-corrected chi connectivity index (χ3v) is 7.05. The van der Waals surface area contributed by atoms with Crippen LogP contribution in [0.5, 0.6) is 0 Å². The Morgan fingerprint density at radius 1 is 1.40 bits per heavy atom. The van der Waals surface area contributed by atoms with Gasteiger partial charge in [-0.2, -0.15) is 4.99 Å². The summed E-state index contributed by atoms with van der Waals surface area (Å²) in [5.74, 6) is -0.592. The minimum absolute atomic E-state index is 0.230. The van der Waals surface area contributed by atoms with Gasteiger partial charge in [-0.05, 0) is 37.0 Å². The van der Waals surface area contributed by atoms with E-state index < -0.39 is 10.0 Å². The van der Waals surface area contributed by atoms with E-state index in [1.807, 2.05) is 11.6 Å². The number of hydrogen-bond acceptors (Lipinski definition) is 4. The van der Waals surface area contributed by atoms with Crippen LogP contribution in [0.1, 0.15) is 25.3 Å². The third kappa shape index (κ3) is 3.86. The van der Waals surface area contributed by atoms with Gasteiger partial charge in [-0.3, -0.25) is 4.79 Å². The molecule has 2 aromatic rings. The monoisotopic (exact) mass is 381 g/mol. The normalized spacial score (nSPS) is 20.3. The molecule has 1 unspecified atom stereocenters. The van der Waals surface area contributed by atoms with Gasteiger partial charge < -0.3 is 4.57 Å². The summed E-state index contributed by atoms with van der Waals surface area (Å²) in [5, 5.41) is 0. The molecule has 25 heavy (non-hydrogen) atoms. The van der Waals surface area contributed by atoms with Crippen LogP contribution in [0.25, 0.3) is 10.2 Å². The van der Waals surface area contributed by atoms with Crippen molar-refractivity contribution in [3.05, 3.63) is 28.6 Å². The average molecular weight is 382 g/mol. The van der Waals surface area contributed by atoms with Crippen molar-refractivity contribution in [1.82, 2.24) is 8.87 Å². The van der Waals surface area contributed by atoms with Crippen molar-refractivity contribution in [2.75, 3.05) is 19.3 Å². The highest BCUT2D eigenvalue weighted by Gasteiger charge is 2.30. The Bertz CT molecular complexity index is 973. The first-order valence-corrected chi connectivity index (χ1v) is 11.1. The molecule has 0 N–H and O–H groups in total. The van der Waals surface area contributed by atoms with E-state index >= 15 is 0 Å². The van der Waals surface area contributed by atoms with Crippen LogP contribution in [0.15, 0.2) is 23.2 Å². The summed E-state index contributed by atoms with van der Waals surface area (Å²) in [6.07, 6.45) is 3.53. The van der Waals surface area contributed by atoms with Gasteiger partial charge in [0, 0.05) is 20.1 Å². The standard InChI is InChI=1S/C17H23N3O3S2/c1-4-12-7-8-14-15(10-12)24-17(19(14)2)18-16(21)13-6-5-9-20(11-13)25(3,22)23/h7-8,10,13H,4-6,9,11H2,1-3H3. The molecule has 0 radical (unpaired) electrons. The minimum atomic E-state index is -3.26. The summed E-state index contributed by atoms with van der Waals surface area (Å²) >= 11 is 1.50. The number of aryl methyl sites for hydroxylation is 2. The Kier molecular flexibility index (Phi) is 5.13. The Morgan fingerprint density at radius 3 is 2.84 bits per heavy atom. The van der Waals surface area contributed by atoms with Crippen molar-refractivity contribution >= 4 is 37.5 Å². The van der Waals surface area contributed by atoms with Gasteiger partial charge in [-0.25, -0.2) is 12.7 Å². The molecule has 1 saturated heterocycles. The maximum Gasteiger partial charge on any atom is 0.252 e. The molecule has 0 aliphatic carbocycles. The Morgan fingerprint density at radius 2 is 2.16 bits per heavy atom. The summed E-state index contributed by atoms with van der Waals surface area (Å²) in [6, 6.07) is 6.28. The van der Waals surface area contributed by atoms with E-state index in [1.54, 1.807) is 0 Å². The lowest BCUT2D eigenvalue weighted by atomic mass is 9.99. The summed E-state index contributed by atoms with van der Waals surface area (Å²) in [6.45, 7) is 2.83. The summed E-state index contributed by atoms with van der Waals surface area (Å²) in [5.41, 5.74) is 2.30. The van der Waals surface area contributed by atoms with Gasteiger partial charge in [0.2, 0.25) is 10.0 Å². The predicted octanol–water partition coefficient (Wildman–Crippen LogP) is 1.90. The molecular weight excluding hydrogens is 358 g/mol. The van der Waals surface area contributed by atoms with Gasteiger partial charge in [0.15, 0.2) is 4.80 Å². The van der Waals surface area contributed by atoms with Gasteiger partial charge >= 0.3 is 0 Å². The minimum Gasteiger partial charge on any atom is -0.319 e. The molecule has 1 amide bonds. The number of carbonyl (C=O) groups excluding carboxylic acids is 1. The lowest BCUT2D eigenvalue weighted by Gasteiger charge is -2.28. The number of sulfonamides is 1. The molecule has 1 aromatic heterocycles. The van der Waals surface area contributed by atoms with Gasteiger partial charge in [0.05, 0.1) is 22.4 Å². The van der Waals surface area contributed by atoms with E-state index in [9.17, 15) is 13.2 Å². The number of fused-ring (bicyclic) bond motifs is 1. The van der Waals surface area contributed by atoms with Crippen LogP contribution in [0.3, 0.4) is 0 Å². The van der Waals surface area contributed by atoms with Crippen molar-refractivity contribution in [3.63, 3.8) is 0 Å². The molecular formula is C17H23N3O3S2. The highest BCUT2D eigenvalue weighted by atomic mass is 32.2. The number of amides is 1. The van der Waals surface area contributed by atoms with Crippen molar-refractivity contribution in [2.45, 2.75) is 26.2 Å². The number of benzene rings is 1. The summed E-state index contributed by atoms with van der Waals surface area (Å²) in [7, 11) is -1.36. The first kappa shape index (κ1) is 18.3. The number of thiazole rings is 1. The molecule has 0 saturated carbocycles. The molecule has 8 heteroatoms. The topological polar surface area (TPSA) is 71.7 Å². The smallest absolute Gasteiger partial charge is 0.252 e. The van der Waals surface area contributed by atoms with E-state index in [2.05, 4.69) is 30.1 Å². The lowest BCUT2D eigenvalue weighted by molar-refractivity contribution is -0.122. The van der Waals surface area contributed by atoms with Gasteiger partial charge in [0.1, 0.15) is 0 Å². The highest BCUT2D eigenvalue weighted by Crippen LogP contribution is 2.21. The summed E-state index contributed by atoms with van der Waals surface area (Å²) < 4.78 is 27.9. The van der Waals surface area contributed by atoms with Crippen LogP contribution in [-0.2, 0) is 28.3 Å². The van der Waals surface area contributed by atoms with Crippen LogP contribution in [0.4, 0.5) is 0 Å². The van der Waals surface area contributed by atoms with Gasteiger partial charge in [-0.15, -0.1) is 0 Å². The quantitative estimate of drug-likeness (QED) is 0.815. The highest BCUT2D eigenvalue weighted by molar-refractivity contribution is 7.88. The third-order valence-electron chi connectivity index (χ3n) is 4.69. The maximum absolute atomic E-state index is 12.6. The molecule has 2 heterocycles. The van der Waals surface area contributed by atoms with E-state index in [0.29, 0.717) is 24.2 Å². The molecule has 136 valence electrons. The molecule has 1 aliphatic rings. The molecule has 1 atom stereocenters. The van der Waals surface area contributed by atoms with Gasteiger partial charge in [0.25, 0.3) is 5.91 Å². The Labute approximate surface area is 151 Å². The van der Waals surface area contributed by atoms with E-state index in [4.69, 9.17) is 0 Å². The second kappa shape index (κ2) is 7.01.